The van der Waals surface area contributed by atoms with Crippen LogP contribution in [0.2, 0.25) is 0 Å². The van der Waals surface area contributed by atoms with E-state index in [0.717, 1.165) is 23.2 Å². The van der Waals surface area contributed by atoms with E-state index in [9.17, 15) is 13.2 Å². The number of alkyl halides is 3. The monoisotopic (exact) mass is 374 g/mol. The Hall–Kier alpha value is -1.57. The summed E-state index contributed by atoms with van der Waals surface area (Å²) in [6.45, 7) is 1.59. The first-order valence-corrected chi connectivity index (χ1v) is 8.09. The van der Waals surface area contributed by atoms with Crippen molar-refractivity contribution < 1.29 is 13.2 Å². The number of H-pyrrole nitrogens is 1. The summed E-state index contributed by atoms with van der Waals surface area (Å²) in [5, 5.41) is 10.5. The highest BCUT2D eigenvalue weighted by Gasteiger charge is 2.34. The molecule has 1 saturated heterocycles. The maximum absolute atomic E-state index is 12.4. The van der Waals surface area contributed by atoms with Gasteiger partial charge in [-0.1, -0.05) is 30.3 Å². The Bertz CT molecular complexity index is 645. The Labute approximate surface area is 151 Å². The predicted octanol–water partition coefficient (Wildman–Crippen LogP) is 3.47. The third kappa shape index (κ3) is 5.73. The van der Waals surface area contributed by atoms with Gasteiger partial charge in [-0.05, 0) is 31.0 Å². The van der Waals surface area contributed by atoms with E-state index in [1.54, 1.807) is 6.20 Å². The Morgan fingerprint density at radius 2 is 2.00 bits per heavy atom. The van der Waals surface area contributed by atoms with Gasteiger partial charge in [0.15, 0.2) is 0 Å². The minimum Gasteiger partial charge on any atom is -0.312 e. The molecule has 0 amide bonds. The van der Waals surface area contributed by atoms with Crippen LogP contribution in [0.4, 0.5) is 13.2 Å². The maximum Gasteiger partial charge on any atom is 0.401 e. The minimum absolute atomic E-state index is 0. The first-order valence-electron chi connectivity index (χ1n) is 8.09. The average Bonchev–Trinajstić information content (AvgIpc) is 3.16. The standard InChI is InChI=1S/C17H21F3N4.ClH/c18-17(19,20)12-24-7-6-13(11-24)8-21-9-15-10-22-23-16(15)14-4-2-1-3-5-14;/h1-5,10,13,21H,6-9,11-12H2,(H,22,23);1H. The van der Waals surface area contributed by atoms with Gasteiger partial charge in [0.2, 0.25) is 0 Å². The molecule has 4 nitrogen and oxygen atoms in total. The highest BCUT2D eigenvalue weighted by Crippen LogP contribution is 2.23. The third-order valence-corrected chi connectivity index (χ3v) is 4.30. The Morgan fingerprint density at radius 1 is 1.24 bits per heavy atom. The van der Waals surface area contributed by atoms with Gasteiger partial charge in [-0.25, -0.2) is 0 Å². The van der Waals surface area contributed by atoms with Crippen LogP contribution in [0.15, 0.2) is 36.5 Å². The Morgan fingerprint density at radius 3 is 2.72 bits per heavy atom. The molecule has 1 aliphatic rings. The van der Waals surface area contributed by atoms with Crippen molar-refractivity contribution in [1.29, 1.82) is 0 Å². The molecule has 1 aliphatic heterocycles. The van der Waals surface area contributed by atoms with Crippen molar-refractivity contribution in [2.75, 3.05) is 26.2 Å². The molecular weight excluding hydrogens is 353 g/mol. The normalized spacial score (nSPS) is 18.3. The van der Waals surface area contributed by atoms with Gasteiger partial charge in [0.1, 0.15) is 0 Å². The topological polar surface area (TPSA) is 44.0 Å². The van der Waals surface area contributed by atoms with Crippen LogP contribution in [-0.2, 0) is 6.54 Å². The van der Waals surface area contributed by atoms with E-state index in [1.807, 2.05) is 30.3 Å². The van der Waals surface area contributed by atoms with Gasteiger partial charge < -0.3 is 5.32 Å². The first-order chi connectivity index (χ1) is 11.5. The molecule has 0 radical (unpaired) electrons. The van der Waals surface area contributed by atoms with E-state index in [0.29, 0.717) is 26.2 Å². The fourth-order valence-corrected chi connectivity index (χ4v) is 3.19. The van der Waals surface area contributed by atoms with Crippen molar-refractivity contribution in [3.8, 4) is 11.3 Å². The molecule has 138 valence electrons. The number of aromatic amines is 1. The zero-order valence-electron chi connectivity index (χ0n) is 13.7. The number of rotatable bonds is 6. The second kappa shape index (κ2) is 8.69. The average molecular weight is 375 g/mol. The molecule has 0 spiro atoms. The largest absolute Gasteiger partial charge is 0.401 e. The molecule has 8 heteroatoms. The van der Waals surface area contributed by atoms with E-state index >= 15 is 0 Å². The van der Waals surface area contributed by atoms with Gasteiger partial charge in [0.25, 0.3) is 0 Å². The second-order valence-corrected chi connectivity index (χ2v) is 6.27. The summed E-state index contributed by atoms with van der Waals surface area (Å²) in [5.41, 5.74) is 3.11. The number of hydrogen-bond acceptors (Lipinski definition) is 3. The van der Waals surface area contributed by atoms with Gasteiger partial charge in [0.05, 0.1) is 18.4 Å². The van der Waals surface area contributed by atoms with Crippen molar-refractivity contribution in [2.45, 2.75) is 19.1 Å². The van der Waals surface area contributed by atoms with E-state index in [-0.39, 0.29) is 18.3 Å². The van der Waals surface area contributed by atoms with Crippen molar-refractivity contribution >= 4 is 12.4 Å². The lowest BCUT2D eigenvalue weighted by Crippen LogP contribution is -2.33. The zero-order chi connectivity index (χ0) is 17.0. The van der Waals surface area contributed by atoms with Crippen LogP contribution < -0.4 is 5.32 Å². The lowest BCUT2D eigenvalue weighted by Gasteiger charge is -2.18. The molecule has 1 aromatic carbocycles. The molecule has 1 unspecified atom stereocenters. The van der Waals surface area contributed by atoms with Gasteiger partial charge in [-0.15, -0.1) is 12.4 Å². The van der Waals surface area contributed by atoms with E-state index < -0.39 is 12.7 Å². The molecule has 2 aromatic rings. The van der Waals surface area contributed by atoms with Crippen LogP contribution in [-0.4, -0.2) is 47.5 Å². The molecule has 2 N–H and O–H groups in total. The molecular formula is C17H22ClF3N4. The minimum atomic E-state index is -4.11. The summed E-state index contributed by atoms with van der Waals surface area (Å²) in [6.07, 6.45) is -1.51. The Kier molecular flexibility index (Phi) is 6.87. The molecule has 3 rings (SSSR count). The van der Waals surface area contributed by atoms with Crippen molar-refractivity contribution in [1.82, 2.24) is 20.4 Å². The molecule has 1 fully saturated rings. The summed E-state index contributed by atoms with van der Waals surface area (Å²) in [6, 6.07) is 9.94. The number of halogens is 4. The predicted molar refractivity (Wildman–Crippen MR) is 93.6 cm³/mol. The van der Waals surface area contributed by atoms with E-state index in [2.05, 4.69) is 15.5 Å². The molecule has 1 aromatic heterocycles. The van der Waals surface area contributed by atoms with Crippen LogP contribution in [0.25, 0.3) is 11.3 Å². The molecule has 25 heavy (non-hydrogen) atoms. The smallest absolute Gasteiger partial charge is 0.312 e. The second-order valence-electron chi connectivity index (χ2n) is 6.27. The van der Waals surface area contributed by atoms with E-state index in [4.69, 9.17) is 0 Å². The van der Waals surface area contributed by atoms with Crippen LogP contribution in [0.5, 0.6) is 0 Å². The molecule has 1 atom stereocenters. The summed E-state index contributed by atoms with van der Waals surface area (Å²) in [5.74, 6) is 0.263. The lowest BCUT2D eigenvalue weighted by molar-refractivity contribution is -0.143. The lowest BCUT2D eigenvalue weighted by atomic mass is 10.1. The molecule has 0 bridgehead atoms. The SMILES string of the molecule is Cl.FC(F)(F)CN1CCC(CNCc2cn[nH]c2-c2ccccc2)C1. The Balaban J connectivity index is 0.00000225. The summed E-state index contributed by atoms with van der Waals surface area (Å²) < 4.78 is 37.2. The van der Waals surface area contributed by atoms with Crippen LogP contribution in [0, 0.1) is 5.92 Å². The quantitative estimate of drug-likeness (QED) is 0.813. The number of nitrogens with one attached hydrogen (secondary N) is 2. The highest BCUT2D eigenvalue weighted by molar-refractivity contribution is 5.85. The van der Waals surface area contributed by atoms with Gasteiger partial charge in [-0.3, -0.25) is 10.00 Å². The highest BCUT2D eigenvalue weighted by atomic mass is 35.5. The van der Waals surface area contributed by atoms with Gasteiger partial charge >= 0.3 is 6.18 Å². The summed E-state index contributed by atoms with van der Waals surface area (Å²) in [4.78, 5) is 1.49. The number of likely N-dealkylation sites (tertiary alicyclic amines) is 1. The van der Waals surface area contributed by atoms with Crippen LogP contribution in [0.3, 0.4) is 0 Å². The number of hydrogen-bond donors (Lipinski definition) is 2. The zero-order valence-corrected chi connectivity index (χ0v) is 14.5. The van der Waals surface area contributed by atoms with Crippen LogP contribution in [0.1, 0.15) is 12.0 Å². The van der Waals surface area contributed by atoms with Crippen molar-refractivity contribution in [2.24, 2.45) is 5.92 Å². The fraction of sp³-hybridized carbons (Fsp3) is 0.471. The van der Waals surface area contributed by atoms with Crippen molar-refractivity contribution in [3.05, 3.63) is 42.1 Å². The number of aromatic nitrogens is 2. The number of nitrogens with zero attached hydrogens (tertiary/aromatic N) is 2. The number of benzene rings is 1. The fourth-order valence-electron chi connectivity index (χ4n) is 3.19. The van der Waals surface area contributed by atoms with E-state index in [1.165, 1.54) is 4.90 Å². The maximum atomic E-state index is 12.4. The molecule has 0 aliphatic carbocycles. The van der Waals surface area contributed by atoms with Crippen LogP contribution >= 0.6 is 12.4 Å². The van der Waals surface area contributed by atoms with Gasteiger partial charge in [-0.2, -0.15) is 18.3 Å². The third-order valence-electron chi connectivity index (χ3n) is 4.30. The molecule has 2 heterocycles. The van der Waals surface area contributed by atoms with Crippen molar-refractivity contribution in [3.63, 3.8) is 0 Å². The summed E-state index contributed by atoms with van der Waals surface area (Å²) in [7, 11) is 0. The van der Waals surface area contributed by atoms with Gasteiger partial charge in [0, 0.05) is 18.7 Å². The molecule has 0 saturated carbocycles. The first kappa shape index (κ1) is 19.8. The summed E-state index contributed by atoms with van der Waals surface area (Å²) >= 11 is 0.